The second kappa shape index (κ2) is 8.91. The minimum absolute atomic E-state index is 0.148. The fraction of sp³-hybridized carbons (Fsp3) is 0.478. The van der Waals surface area contributed by atoms with Crippen LogP contribution in [-0.2, 0) is 24.2 Å². The standard InChI is InChI=1S/C23H29N5O3/c1-5-30-20-11-17-9-10-27(13-18(17)12-21(20)31-6-2)22(29)8-7-19-15(3)26-23-24-14-25-28(23)16(19)4/h11-12,14H,5-10,13H2,1-4H3. The molecule has 2 aromatic heterocycles. The Morgan fingerprint density at radius 2 is 1.81 bits per heavy atom. The minimum atomic E-state index is 0.148. The fourth-order valence-electron chi connectivity index (χ4n) is 4.22. The van der Waals surface area contributed by atoms with Crippen molar-refractivity contribution in [1.82, 2.24) is 24.5 Å². The second-order valence-corrected chi connectivity index (χ2v) is 7.73. The Labute approximate surface area is 182 Å². The summed E-state index contributed by atoms with van der Waals surface area (Å²) in [6.45, 7) is 10.4. The molecule has 0 N–H and O–H groups in total. The first-order valence-electron chi connectivity index (χ1n) is 10.9. The van der Waals surface area contributed by atoms with Crippen LogP contribution in [0, 0.1) is 13.8 Å². The smallest absolute Gasteiger partial charge is 0.252 e. The molecule has 1 aliphatic rings. The van der Waals surface area contributed by atoms with Crippen LogP contribution in [0.25, 0.3) is 5.78 Å². The highest BCUT2D eigenvalue weighted by molar-refractivity contribution is 5.77. The molecular weight excluding hydrogens is 394 g/mol. The van der Waals surface area contributed by atoms with Crippen LogP contribution in [0.4, 0.5) is 0 Å². The molecule has 1 amide bonds. The summed E-state index contributed by atoms with van der Waals surface area (Å²) in [6.07, 6.45) is 3.39. The van der Waals surface area contributed by atoms with Crippen LogP contribution < -0.4 is 9.47 Å². The molecule has 31 heavy (non-hydrogen) atoms. The molecule has 8 nitrogen and oxygen atoms in total. The zero-order valence-electron chi connectivity index (χ0n) is 18.6. The highest BCUT2D eigenvalue weighted by Crippen LogP contribution is 2.34. The molecule has 3 aromatic rings. The molecule has 0 unspecified atom stereocenters. The Kier molecular flexibility index (Phi) is 6.06. The number of carbonyl (C=O) groups excluding carboxylic acids is 1. The van der Waals surface area contributed by atoms with Gasteiger partial charge in [-0.15, -0.1) is 0 Å². The van der Waals surface area contributed by atoms with Crippen molar-refractivity contribution in [3.05, 3.63) is 46.5 Å². The maximum atomic E-state index is 13.0. The summed E-state index contributed by atoms with van der Waals surface area (Å²) in [5, 5.41) is 4.23. The van der Waals surface area contributed by atoms with Crippen molar-refractivity contribution in [2.24, 2.45) is 0 Å². The third-order valence-electron chi connectivity index (χ3n) is 5.81. The van der Waals surface area contributed by atoms with Gasteiger partial charge >= 0.3 is 0 Å². The van der Waals surface area contributed by atoms with Crippen LogP contribution in [0.2, 0.25) is 0 Å². The van der Waals surface area contributed by atoms with E-state index < -0.39 is 0 Å². The predicted molar refractivity (Wildman–Crippen MR) is 116 cm³/mol. The Bertz CT molecular complexity index is 1110. The lowest BCUT2D eigenvalue weighted by Crippen LogP contribution is -2.36. The summed E-state index contributed by atoms with van der Waals surface area (Å²) in [4.78, 5) is 23.6. The summed E-state index contributed by atoms with van der Waals surface area (Å²) in [6, 6.07) is 4.09. The van der Waals surface area contributed by atoms with Crippen molar-refractivity contribution in [2.75, 3.05) is 19.8 Å². The number of benzene rings is 1. The Morgan fingerprint density at radius 1 is 1.10 bits per heavy atom. The quantitative estimate of drug-likeness (QED) is 0.581. The summed E-state index contributed by atoms with van der Waals surface area (Å²) >= 11 is 0. The van der Waals surface area contributed by atoms with Gasteiger partial charge in [0.2, 0.25) is 5.91 Å². The van der Waals surface area contributed by atoms with Crippen LogP contribution in [0.3, 0.4) is 0 Å². The van der Waals surface area contributed by atoms with E-state index in [4.69, 9.17) is 9.47 Å². The van der Waals surface area contributed by atoms with Crippen molar-refractivity contribution in [1.29, 1.82) is 0 Å². The fourth-order valence-corrected chi connectivity index (χ4v) is 4.22. The van der Waals surface area contributed by atoms with Crippen molar-refractivity contribution in [3.8, 4) is 11.5 Å². The molecule has 0 saturated carbocycles. The summed E-state index contributed by atoms with van der Waals surface area (Å²) in [7, 11) is 0. The first kappa shape index (κ1) is 21.1. The number of nitrogens with zero attached hydrogens (tertiary/aromatic N) is 5. The van der Waals surface area contributed by atoms with Crippen LogP contribution in [0.1, 0.15) is 48.3 Å². The van der Waals surface area contributed by atoms with E-state index in [9.17, 15) is 4.79 Å². The SMILES string of the molecule is CCOc1cc2c(cc1OCC)CN(C(=O)CCc1c(C)nc3ncnn3c1C)CC2. The topological polar surface area (TPSA) is 81.9 Å². The number of aromatic nitrogens is 4. The number of amides is 1. The molecule has 0 fully saturated rings. The second-order valence-electron chi connectivity index (χ2n) is 7.73. The van der Waals surface area contributed by atoms with Gasteiger partial charge in [0.25, 0.3) is 5.78 Å². The third-order valence-corrected chi connectivity index (χ3v) is 5.81. The summed E-state index contributed by atoms with van der Waals surface area (Å²) < 4.78 is 13.2. The molecule has 1 aromatic carbocycles. The lowest BCUT2D eigenvalue weighted by molar-refractivity contribution is -0.132. The van der Waals surface area contributed by atoms with Crippen molar-refractivity contribution >= 4 is 11.7 Å². The normalized spacial score (nSPS) is 13.4. The zero-order chi connectivity index (χ0) is 22.0. The van der Waals surface area contributed by atoms with Crippen LogP contribution in [0.15, 0.2) is 18.5 Å². The van der Waals surface area contributed by atoms with E-state index >= 15 is 0 Å². The predicted octanol–water partition coefficient (Wildman–Crippen LogP) is 3.06. The molecular formula is C23H29N5O3. The van der Waals surface area contributed by atoms with Gasteiger partial charge < -0.3 is 14.4 Å². The van der Waals surface area contributed by atoms with Gasteiger partial charge in [-0.05, 0) is 69.4 Å². The van der Waals surface area contributed by atoms with E-state index in [1.165, 1.54) is 11.9 Å². The number of fused-ring (bicyclic) bond motifs is 2. The Hall–Kier alpha value is -3.16. The number of carbonyl (C=O) groups is 1. The van der Waals surface area contributed by atoms with E-state index in [-0.39, 0.29) is 5.91 Å². The lowest BCUT2D eigenvalue weighted by Gasteiger charge is -2.30. The Morgan fingerprint density at radius 3 is 2.52 bits per heavy atom. The van der Waals surface area contributed by atoms with Crippen LogP contribution in [-0.4, -0.2) is 50.1 Å². The van der Waals surface area contributed by atoms with E-state index in [1.807, 2.05) is 38.7 Å². The Balaban J connectivity index is 1.47. The molecule has 3 heterocycles. The molecule has 0 bridgehead atoms. The molecule has 8 heteroatoms. The van der Waals surface area contributed by atoms with Crippen molar-refractivity contribution in [2.45, 2.75) is 53.5 Å². The summed E-state index contributed by atoms with van der Waals surface area (Å²) in [5.41, 5.74) is 5.30. The molecule has 0 radical (unpaired) electrons. The minimum Gasteiger partial charge on any atom is -0.490 e. The van der Waals surface area contributed by atoms with Gasteiger partial charge in [-0.3, -0.25) is 4.79 Å². The van der Waals surface area contributed by atoms with Gasteiger partial charge in [-0.25, -0.2) is 9.50 Å². The molecule has 0 saturated heterocycles. The van der Waals surface area contributed by atoms with Gasteiger partial charge in [0.1, 0.15) is 6.33 Å². The number of aryl methyl sites for hydroxylation is 2. The molecule has 0 spiro atoms. The molecule has 1 aliphatic heterocycles. The summed E-state index contributed by atoms with van der Waals surface area (Å²) in [5.74, 6) is 2.27. The highest BCUT2D eigenvalue weighted by atomic mass is 16.5. The average molecular weight is 424 g/mol. The zero-order valence-corrected chi connectivity index (χ0v) is 18.6. The van der Waals surface area contributed by atoms with Crippen LogP contribution in [0.5, 0.6) is 11.5 Å². The van der Waals surface area contributed by atoms with Gasteiger partial charge in [0, 0.05) is 30.9 Å². The monoisotopic (exact) mass is 423 g/mol. The van der Waals surface area contributed by atoms with E-state index in [0.29, 0.717) is 44.9 Å². The third kappa shape index (κ3) is 4.19. The molecule has 0 atom stereocenters. The molecule has 164 valence electrons. The van der Waals surface area contributed by atoms with Gasteiger partial charge in [-0.2, -0.15) is 10.1 Å². The first-order valence-corrected chi connectivity index (χ1v) is 10.9. The maximum absolute atomic E-state index is 13.0. The van der Waals surface area contributed by atoms with Crippen LogP contribution >= 0.6 is 0 Å². The van der Waals surface area contributed by atoms with Crippen molar-refractivity contribution in [3.63, 3.8) is 0 Å². The average Bonchev–Trinajstić information content (AvgIpc) is 3.22. The number of hydrogen-bond acceptors (Lipinski definition) is 6. The van der Waals surface area contributed by atoms with Gasteiger partial charge in [-0.1, -0.05) is 0 Å². The molecule has 0 aliphatic carbocycles. The lowest BCUT2D eigenvalue weighted by atomic mass is 9.98. The van der Waals surface area contributed by atoms with Crippen molar-refractivity contribution < 1.29 is 14.3 Å². The number of hydrogen-bond donors (Lipinski definition) is 0. The molecule has 4 rings (SSSR count). The first-order chi connectivity index (χ1) is 15.0. The van der Waals surface area contributed by atoms with E-state index in [0.717, 1.165) is 40.4 Å². The van der Waals surface area contributed by atoms with E-state index in [1.54, 1.807) is 4.52 Å². The van der Waals surface area contributed by atoms with Gasteiger partial charge in [0.05, 0.1) is 13.2 Å². The largest absolute Gasteiger partial charge is 0.490 e. The highest BCUT2D eigenvalue weighted by Gasteiger charge is 2.23. The maximum Gasteiger partial charge on any atom is 0.252 e. The number of rotatable bonds is 7. The number of ether oxygens (including phenoxy) is 2. The van der Waals surface area contributed by atoms with E-state index in [2.05, 4.69) is 21.1 Å². The van der Waals surface area contributed by atoms with Gasteiger partial charge in [0.15, 0.2) is 11.5 Å².